The standard InChI is InChI=1S/C11H16FN3O/c1-11(2,14)6-15-9-4-3-7(10(13)16)5-8(9)12/h3-5,15H,6,14H2,1-2H3,(H2,13,16). The van der Waals surface area contributed by atoms with Crippen LogP contribution < -0.4 is 16.8 Å². The smallest absolute Gasteiger partial charge is 0.248 e. The third-order valence-corrected chi connectivity index (χ3v) is 1.99. The number of nitrogens with one attached hydrogen (secondary N) is 1. The minimum Gasteiger partial charge on any atom is -0.381 e. The maximum atomic E-state index is 13.5. The van der Waals surface area contributed by atoms with E-state index in [1.54, 1.807) is 0 Å². The molecule has 0 saturated carbocycles. The van der Waals surface area contributed by atoms with Crippen molar-refractivity contribution in [2.45, 2.75) is 19.4 Å². The Morgan fingerprint density at radius 3 is 2.56 bits per heavy atom. The number of rotatable bonds is 4. The Kier molecular flexibility index (Phi) is 3.49. The summed E-state index contributed by atoms with van der Waals surface area (Å²) >= 11 is 0. The molecule has 0 aliphatic rings. The highest BCUT2D eigenvalue weighted by molar-refractivity contribution is 5.93. The molecule has 1 amide bonds. The minimum atomic E-state index is -0.649. The van der Waals surface area contributed by atoms with Crippen LogP contribution in [0.2, 0.25) is 0 Å². The molecule has 0 aromatic heterocycles. The molecule has 5 N–H and O–H groups in total. The summed E-state index contributed by atoms with van der Waals surface area (Å²) in [5.74, 6) is -1.16. The number of halogens is 1. The fraction of sp³-hybridized carbons (Fsp3) is 0.364. The van der Waals surface area contributed by atoms with Crippen molar-refractivity contribution in [3.05, 3.63) is 29.6 Å². The molecule has 0 spiro atoms. The second kappa shape index (κ2) is 4.49. The van der Waals surface area contributed by atoms with Gasteiger partial charge in [0.2, 0.25) is 5.91 Å². The van der Waals surface area contributed by atoms with Crippen molar-refractivity contribution in [1.82, 2.24) is 0 Å². The van der Waals surface area contributed by atoms with Crippen molar-refractivity contribution >= 4 is 11.6 Å². The molecule has 1 aromatic carbocycles. The Balaban J connectivity index is 2.80. The maximum Gasteiger partial charge on any atom is 0.248 e. The van der Waals surface area contributed by atoms with Crippen LogP contribution in [0, 0.1) is 5.82 Å². The number of carbonyl (C=O) groups excluding carboxylic acids is 1. The van der Waals surface area contributed by atoms with Gasteiger partial charge >= 0.3 is 0 Å². The van der Waals surface area contributed by atoms with Crippen molar-refractivity contribution in [3.8, 4) is 0 Å². The second-order valence-corrected chi connectivity index (χ2v) is 4.40. The van der Waals surface area contributed by atoms with E-state index in [0.29, 0.717) is 12.2 Å². The summed E-state index contributed by atoms with van der Waals surface area (Å²) in [6, 6.07) is 4.05. The first-order valence-corrected chi connectivity index (χ1v) is 4.92. The largest absolute Gasteiger partial charge is 0.381 e. The van der Waals surface area contributed by atoms with E-state index >= 15 is 0 Å². The van der Waals surface area contributed by atoms with Gasteiger partial charge in [-0.25, -0.2) is 4.39 Å². The van der Waals surface area contributed by atoms with Crippen LogP contribution in [0.1, 0.15) is 24.2 Å². The van der Waals surface area contributed by atoms with Crippen LogP contribution in [0.25, 0.3) is 0 Å². The summed E-state index contributed by atoms with van der Waals surface area (Å²) in [4.78, 5) is 10.8. The second-order valence-electron chi connectivity index (χ2n) is 4.40. The Morgan fingerprint density at radius 2 is 2.12 bits per heavy atom. The number of hydrogen-bond donors (Lipinski definition) is 3. The lowest BCUT2D eigenvalue weighted by atomic mass is 10.1. The summed E-state index contributed by atoms with van der Waals surface area (Å²) in [5.41, 5.74) is 10.8. The average molecular weight is 225 g/mol. The summed E-state index contributed by atoms with van der Waals surface area (Å²) in [5, 5.41) is 2.87. The van der Waals surface area contributed by atoms with Gasteiger partial charge in [0.1, 0.15) is 5.82 Å². The van der Waals surface area contributed by atoms with Crippen molar-refractivity contribution < 1.29 is 9.18 Å². The third-order valence-electron chi connectivity index (χ3n) is 1.99. The highest BCUT2D eigenvalue weighted by Crippen LogP contribution is 2.16. The van der Waals surface area contributed by atoms with E-state index < -0.39 is 17.3 Å². The molecule has 0 bridgehead atoms. The van der Waals surface area contributed by atoms with Gasteiger partial charge in [-0.05, 0) is 32.0 Å². The highest BCUT2D eigenvalue weighted by atomic mass is 19.1. The van der Waals surface area contributed by atoms with Crippen LogP contribution in [0.3, 0.4) is 0 Å². The van der Waals surface area contributed by atoms with Crippen molar-refractivity contribution in [2.24, 2.45) is 11.5 Å². The zero-order chi connectivity index (χ0) is 12.3. The van der Waals surface area contributed by atoms with Gasteiger partial charge < -0.3 is 16.8 Å². The van der Waals surface area contributed by atoms with E-state index in [-0.39, 0.29) is 5.56 Å². The van der Waals surface area contributed by atoms with Crippen LogP contribution in [-0.2, 0) is 0 Å². The number of hydrogen-bond acceptors (Lipinski definition) is 3. The van der Waals surface area contributed by atoms with Gasteiger partial charge in [0.05, 0.1) is 5.69 Å². The van der Waals surface area contributed by atoms with Crippen molar-refractivity contribution in [2.75, 3.05) is 11.9 Å². The molecule has 0 atom stereocenters. The van der Waals surface area contributed by atoms with Crippen LogP contribution >= 0.6 is 0 Å². The van der Waals surface area contributed by atoms with Crippen molar-refractivity contribution in [3.63, 3.8) is 0 Å². The summed E-state index contributed by atoms with van der Waals surface area (Å²) < 4.78 is 13.5. The molecule has 1 aromatic rings. The number of primary amides is 1. The normalized spacial score (nSPS) is 11.2. The van der Waals surface area contributed by atoms with E-state index in [0.717, 1.165) is 6.07 Å². The van der Waals surface area contributed by atoms with E-state index in [1.807, 2.05) is 13.8 Å². The van der Waals surface area contributed by atoms with Crippen LogP contribution in [-0.4, -0.2) is 18.0 Å². The van der Waals surface area contributed by atoms with Gasteiger partial charge in [0.15, 0.2) is 0 Å². The average Bonchev–Trinajstić information content (AvgIpc) is 2.14. The van der Waals surface area contributed by atoms with E-state index in [4.69, 9.17) is 11.5 Å². The Bertz CT molecular complexity index is 399. The van der Waals surface area contributed by atoms with E-state index in [2.05, 4.69) is 5.32 Å². The summed E-state index contributed by atoms with van der Waals surface area (Å²) in [7, 11) is 0. The fourth-order valence-electron chi connectivity index (χ4n) is 1.13. The fourth-order valence-corrected chi connectivity index (χ4v) is 1.13. The molecular weight excluding hydrogens is 209 g/mol. The quantitative estimate of drug-likeness (QED) is 0.717. The molecule has 5 heteroatoms. The van der Waals surface area contributed by atoms with Crippen LogP contribution in [0.4, 0.5) is 10.1 Å². The zero-order valence-electron chi connectivity index (χ0n) is 9.38. The van der Waals surface area contributed by atoms with Gasteiger partial charge in [-0.2, -0.15) is 0 Å². The van der Waals surface area contributed by atoms with Gasteiger partial charge in [0, 0.05) is 17.6 Å². The first kappa shape index (κ1) is 12.4. The molecule has 0 radical (unpaired) electrons. The third kappa shape index (κ3) is 3.51. The number of anilines is 1. The molecule has 1 rings (SSSR count). The molecule has 0 aliphatic heterocycles. The first-order chi connectivity index (χ1) is 7.29. The first-order valence-electron chi connectivity index (χ1n) is 4.92. The van der Waals surface area contributed by atoms with E-state index in [1.165, 1.54) is 12.1 Å². The van der Waals surface area contributed by atoms with Crippen molar-refractivity contribution in [1.29, 1.82) is 0 Å². The SMILES string of the molecule is CC(C)(N)CNc1ccc(C(N)=O)cc1F. The summed E-state index contributed by atoms with van der Waals surface area (Å²) in [6.07, 6.45) is 0. The van der Waals surface area contributed by atoms with Crippen LogP contribution in [0.5, 0.6) is 0 Å². The lowest BCUT2D eigenvalue weighted by molar-refractivity contribution is 0.1000. The highest BCUT2D eigenvalue weighted by Gasteiger charge is 2.12. The molecule has 0 fully saturated rings. The van der Waals surface area contributed by atoms with Gasteiger partial charge in [-0.15, -0.1) is 0 Å². The van der Waals surface area contributed by atoms with Crippen LogP contribution in [0.15, 0.2) is 18.2 Å². The van der Waals surface area contributed by atoms with Gasteiger partial charge in [0.25, 0.3) is 0 Å². The molecule has 4 nitrogen and oxygen atoms in total. The maximum absolute atomic E-state index is 13.5. The lowest BCUT2D eigenvalue weighted by Crippen LogP contribution is -2.39. The number of amides is 1. The molecule has 16 heavy (non-hydrogen) atoms. The molecule has 0 aliphatic carbocycles. The Labute approximate surface area is 93.8 Å². The number of benzene rings is 1. The molecule has 0 unspecified atom stereocenters. The molecular formula is C11H16FN3O. The lowest BCUT2D eigenvalue weighted by Gasteiger charge is -2.20. The summed E-state index contributed by atoms with van der Waals surface area (Å²) in [6.45, 7) is 4.09. The van der Waals surface area contributed by atoms with Gasteiger partial charge in [-0.3, -0.25) is 4.79 Å². The Morgan fingerprint density at radius 1 is 1.50 bits per heavy atom. The molecule has 0 heterocycles. The monoisotopic (exact) mass is 225 g/mol. The zero-order valence-corrected chi connectivity index (χ0v) is 9.38. The van der Waals surface area contributed by atoms with E-state index in [9.17, 15) is 9.18 Å². The Hall–Kier alpha value is -1.62. The molecule has 88 valence electrons. The van der Waals surface area contributed by atoms with Gasteiger partial charge in [-0.1, -0.05) is 0 Å². The topological polar surface area (TPSA) is 81.1 Å². The predicted octanol–water partition coefficient (Wildman–Crippen LogP) is 1.07. The number of carbonyl (C=O) groups is 1. The number of nitrogens with two attached hydrogens (primary N) is 2. The molecule has 0 saturated heterocycles. The minimum absolute atomic E-state index is 0.148. The predicted molar refractivity (Wildman–Crippen MR) is 61.7 cm³/mol.